The topological polar surface area (TPSA) is 33.7 Å². The number of nitrogens with zero attached hydrogens (tertiary/aromatic N) is 1. The van der Waals surface area contributed by atoms with Crippen LogP contribution in [-0.2, 0) is 9.47 Å². The molecular weight excluding hydrogens is 180 g/mol. The molecule has 82 valence electrons. The molecule has 4 heteroatoms. The molecule has 0 amide bonds. The third kappa shape index (κ3) is 1.46. The summed E-state index contributed by atoms with van der Waals surface area (Å²) in [5, 5.41) is 2.12. The predicted molar refractivity (Wildman–Crippen MR) is 53.7 cm³/mol. The molecule has 4 nitrogen and oxygen atoms in total. The average Bonchev–Trinajstić information content (AvgIpc) is 2.41. The molecule has 0 aromatic heterocycles. The number of hydrogen-bond donors (Lipinski definition) is 1. The van der Waals surface area contributed by atoms with Crippen LogP contribution in [0.15, 0.2) is 0 Å². The van der Waals surface area contributed by atoms with Gasteiger partial charge in [-0.1, -0.05) is 0 Å². The van der Waals surface area contributed by atoms with E-state index in [9.17, 15) is 0 Å². The predicted octanol–water partition coefficient (Wildman–Crippen LogP) is 0.735. The summed E-state index contributed by atoms with van der Waals surface area (Å²) >= 11 is 0. The van der Waals surface area contributed by atoms with Gasteiger partial charge in [0.2, 0.25) is 0 Å². The summed E-state index contributed by atoms with van der Waals surface area (Å²) in [7, 11) is 1.93. The molecule has 0 bridgehead atoms. The van der Waals surface area contributed by atoms with Crippen LogP contribution in [-0.4, -0.2) is 42.6 Å². The Labute approximate surface area is 85.5 Å². The average molecular weight is 200 g/mol. The van der Waals surface area contributed by atoms with E-state index in [2.05, 4.69) is 31.2 Å². The summed E-state index contributed by atoms with van der Waals surface area (Å²) in [4.78, 5) is 0. The molecule has 2 aliphatic heterocycles. The van der Waals surface area contributed by atoms with E-state index in [0.717, 1.165) is 6.42 Å². The van der Waals surface area contributed by atoms with Crippen LogP contribution < -0.4 is 5.43 Å². The number of hydrogen-bond acceptors (Lipinski definition) is 4. The number of hydrazine groups is 1. The van der Waals surface area contributed by atoms with Gasteiger partial charge in [-0.15, -0.1) is 0 Å². The fourth-order valence-corrected chi connectivity index (χ4v) is 2.91. The van der Waals surface area contributed by atoms with E-state index in [1.807, 2.05) is 7.05 Å². The Balaban J connectivity index is 2.19. The smallest absolute Gasteiger partial charge is 0.113 e. The van der Waals surface area contributed by atoms with Gasteiger partial charge >= 0.3 is 0 Å². The molecule has 0 aromatic carbocycles. The second-order valence-electron chi connectivity index (χ2n) is 4.58. The van der Waals surface area contributed by atoms with Gasteiger partial charge in [0, 0.05) is 6.42 Å². The lowest BCUT2D eigenvalue weighted by Gasteiger charge is -2.43. The minimum atomic E-state index is -0.0555. The molecule has 2 fully saturated rings. The highest BCUT2D eigenvalue weighted by atomic mass is 16.6. The van der Waals surface area contributed by atoms with Crippen LogP contribution in [0, 0.1) is 0 Å². The van der Waals surface area contributed by atoms with Crippen molar-refractivity contribution in [3.63, 3.8) is 0 Å². The van der Waals surface area contributed by atoms with Crippen molar-refractivity contribution in [2.24, 2.45) is 0 Å². The van der Waals surface area contributed by atoms with Crippen LogP contribution in [0.4, 0.5) is 0 Å². The standard InChI is InChI=1S/C10H20N2O2/c1-7-5-10(3)9(8(2)14-7)12(11-4)6-13-10/h7-9,11H,5-6H2,1-4H3. The van der Waals surface area contributed by atoms with Crippen molar-refractivity contribution < 1.29 is 9.47 Å². The Morgan fingerprint density at radius 3 is 2.79 bits per heavy atom. The van der Waals surface area contributed by atoms with E-state index >= 15 is 0 Å². The molecule has 14 heavy (non-hydrogen) atoms. The maximum Gasteiger partial charge on any atom is 0.113 e. The van der Waals surface area contributed by atoms with Crippen LogP contribution in [0.25, 0.3) is 0 Å². The summed E-state index contributed by atoms with van der Waals surface area (Å²) in [6, 6.07) is 0.323. The van der Waals surface area contributed by atoms with Crippen LogP contribution in [0.5, 0.6) is 0 Å². The summed E-state index contributed by atoms with van der Waals surface area (Å²) in [6.07, 6.45) is 1.49. The first-order valence-corrected chi connectivity index (χ1v) is 5.30. The Kier molecular flexibility index (Phi) is 2.55. The van der Waals surface area contributed by atoms with Gasteiger partial charge in [0.05, 0.1) is 23.9 Å². The first kappa shape index (κ1) is 10.4. The van der Waals surface area contributed by atoms with Gasteiger partial charge in [-0.25, -0.2) is 5.01 Å². The number of fused-ring (bicyclic) bond motifs is 1. The van der Waals surface area contributed by atoms with E-state index in [1.165, 1.54) is 0 Å². The molecular formula is C10H20N2O2. The lowest BCUT2D eigenvalue weighted by Crippen LogP contribution is -2.58. The zero-order valence-corrected chi connectivity index (χ0v) is 9.41. The summed E-state index contributed by atoms with van der Waals surface area (Å²) in [5.41, 5.74) is 3.11. The summed E-state index contributed by atoms with van der Waals surface area (Å²) in [6.45, 7) is 7.07. The van der Waals surface area contributed by atoms with E-state index in [0.29, 0.717) is 18.9 Å². The lowest BCUT2D eigenvalue weighted by molar-refractivity contribution is -0.137. The molecule has 0 aliphatic carbocycles. The first-order chi connectivity index (χ1) is 6.57. The third-order valence-corrected chi connectivity index (χ3v) is 3.37. The van der Waals surface area contributed by atoms with Gasteiger partial charge in [0.25, 0.3) is 0 Å². The van der Waals surface area contributed by atoms with Gasteiger partial charge in [0.1, 0.15) is 6.73 Å². The number of nitrogens with one attached hydrogen (secondary N) is 1. The molecule has 2 heterocycles. The fraction of sp³-hybridized carbons (Fsp3) is 1.00. The van der Waals surface area contributed by atoms with Crippen molar-refractivity contribution in [1.29, 1.82) is 0 Å². The first-order valence-electron chi connectivity index (χ1n) is 5.30. The molecule has 4 atom stereocenters. The van der Waals surface area contributed by atoms with E-state index in [1.54, 1.807) is 0 Å². The van der Waals surface area contributed by atoms with Crippen LogP contribution in [0.3, 0.4) is 0 Å². The third-order valence-electron chi connectivity index (χ3n) is 3.37. The Morgan fingerprint density at radius 1 is 1.43 bits per heavy atom. The van der Waals surface area contributed by atoms with E-state index in [-0.39, 0.29) is 11.7 Å². The quantitative estimate of drug-likeness (QED) is 0.677. The minimum Gasteiger partial charge on any atom is -0.374 e. The Morgan fingerprint density at radius 2 is 2.14 bits per heavy atom. The van der Waals surface area contributed by atoms with Crippen molar-refractivity contribution in [2.45, 2.75) is 51.0 Å². The number of ether oxygens (including phenoxy) is 2. The monoisotopic (exact) mass is 200 g/mol. The molecule has 2 rings (SSSR count). The Bertz CT molecular complexity index is 224. The molecule has 2 saturated heterocycles. The molecule has 2 aliphatic rings. The van der Waals surface area contributed by atoms with E-state index < -0.39 is 0 Å². The van der Waals surface area contributed by atoms with Gasteiger partial charge in [-0.2, -0.15) is 0 Å². The highest BCUT2D eigenvalue weighted by Gasteiger charge is 2.52. The van der Waals surface area contributed by atoms with Crippen molar-refractivity contribution in [3.05, 3.63) is 0 Å². The van der Waals surface area contributed by atoms with Gasteiger partial charge in [-0.05, 0) is 27.8 Å². The fourth-order valence-electron chi connectivity index (χ4n) is 2.91. The van der Waals surface area contributed by atoms with Crippen LogP contribution in [0.1, 0.15) is 27.2 Å². The largest absolute Gasteiger partial charge is 0.374 e. The van der Waals surface area contributed by atoms with Gasteiger partial charge in [-0.3, -0.25) is 5.43 Å². The molecule has 0 aromatic rings. The van der Waals surface area contributed by atoms with Crippen LogP contribution >= 0.6 is 0 Å². The van der Waals surface area contributed by atoms with Gasteiger partial charge < -0.3 is 9.47 Å². The Hall–Kier alpha value is -0.160. The zero-order valence-electron chi connectivity index (χ0n) is 9.41. The molecule has 4 unspecified atom stereocenters. The second-order valence-corrected chi connectivity index (χ2v) is 4.58. The maximum atomic E-state index is 5.87. The normalized spacial score (nSPS) is 49.3. The van der Waals surface area contributed by atoms with Crippen molar-refractivity contribution >= 4 is 0 Å². The minimum absolute atomic E-state index is 0.0555. The van der Waals surface area contributed by atoms with Crippen molar-refractivity contribution in [1.82, 2.24) is 10.4 Å². The van der Waals surface area contributed by atoms with Gasteiger partial charge in [0.15, 0.2) is 0 Å². The zero-order chi connectivity index (χ0) is 10.3. The van der Waals surface area contributed by atoms with Crippen LogP contribution in [0.2, 0.25) is 0 Å². The highest BCUT2D eigenvalue weighted by molar-refractivity contribution is 5.01. The molecule has 0 radical (unpaired) electrons. The maximum absolute atomic E-state index is 5.87. The van der Waals surface area contributed by atoms with Crippen molar-refractivity contribution in [2.75, 3.05) is 13.8 Å². The number of rotatable bonds is 1. The SMILES string of the molecule is CNN1COC2(C)CC(C)OC(C)C12. The summed E-state index contributed by atoms with van der Waals surface area (Å²) in [5.74, 6) is 0. The lowest BCUT2D eigenvalue weighted by atomic mass is 9.85. The highest BCUT2D eigenvalue weighted by Crippen LogP contribution is 2.38. The van der Waals surface area contributed by atoms with E-state index in [4.69, 9.17) is 9.47 Å². The van der Waals surface area contributed by atoms with Crippen molar-refractivity contribution in [3.8, 4) is 0 Å². The summed E-state index contributed by atoms with van der Waals surface area (Å²) < 4.78 is 11.7. The molecule has 0 spiro atoms. The second kappa shape index (κ2) is 3.45. The molecule has 1 N–H and O–H groups in total. The molecule has 0 saturated carbocycles.